The molecule has 1 aliphatic heterocycles. The molecule has 5 aliphatic rings. The molecule has 1 heterocycles. The molecule has 3 amide bonds. The fourth-order valence-electron chi connectivity index (χ4n) is 7.51. The van der Waals surface area contributed by atoms with E-state index in [1.54, 1.807) is 29.2 Å². The van der Waals surface area contributed by atoms with Crippen LogP contribution in [0.15, 0.2) is 48.5 Å². The van der Waals surface area contributed by atoms with E-state index in [4.69, 9.17) is 0 Å². The highest BCUT2D eigenvalue weighted by Crippen LogP contribution is 2.60. The Bertz CT molecular complexity index is 1140. The lowest BCUT2D eigenvalue weighted by molar-refractivity contribution is -0.162. The lowest BCUT2D eigenvalue weighted by Gasteiger charge is -2.57. The number of rotatable bonds is 5. The first kappa shape index (κ1) is 23.1. The van der Waals surface area contributed by atoms with Crippen molar-refractivity contribution < 1.29 is 18.8 Å². The quantitative estimate of drug-likeness (QED) is 0.353. The lowest BCUT2D eigenvalue weighted by Crippen LogP contribution is -2.57. The van der Waals surface area contributed by atoms with Crippen LogP contribution in [0.3, 0.4) is 0 Å². The largest absolute Gasteiger partial charge is 0.325 e. The Morgan fingerprint density at radius 3 is 2.09 bits per heavy atom. The Morgan fingerprint density at radius 2 is 1.51 bits per heavy atom. The maximum absolute atomic E-state index is 14.4. The Balaban J connectivity index is 1.34. The van der Waals surface area contributed by atoms with Crippen LogP contribution in [0.5, 0.6) is 0 Å². The number of hydrogen-bond acceptors (Lipinski definition) is 3. The number of benzene rings is 2. The molecule has 4 saturated carbocycles. The SMILES string of the molecule is O=C1CC(N(Cc2ccc(F)cc2)C(=O)C23CC4CC(CC(C4)C2)C3)C(=O)N1c1ccc(I)cc1. The van der Waals surface area contributed by atoms with Gasteiger partial charge in [0.25, 0.3) is 5.91 Å². The minimum Gasteiger partial charge on any atom is -0.325 e. The van der Waals surface area contributed by atoms with Crippen molar-refractivity contribution >= 4 is 46.0 Å². The average Bonchev–Trinajstić information content (AvgIpc) is 3.11. The van der Waals surface area contributed by atoms with Crippen LogP contribution in [0.2, 0.25) is 0 Å². The standard InChI is InChI=1S/C28H28FIN2O3/c29-21-3-1-17(2-4-21)16-31(27(35)28-13-18-9-19(14-28)11-20(10-18)15-28)24-12-25(33)32(26(24)34)23-7-5-22(30)6-8-23/h1-8,18-20,24H,9-16H2. The minimum absolute atomic E-state index is 0.0107. The van der Waals surface area contributed by atoms with Crippen LogP contribution in [-0.4, -0.2) is 28.7 Å². The summed E-state index contributed by atoms with van der Waals surface area (Å²) in [6.45, 7) is 0.199. The van der Waals surface area contributed by atoms with Gasteiger partial charge in [-0.05, 0) is 121 Å². The van der Waals surface area contributed by atoms with Crippen LogP contribution in [0.1, 0.15) is 50.5 Å². The van der Waals surface area contributed by atoms with Gasteiger partial charge in [-0.3, -0.25) is 14.4 Å². The van der Waals surface area contributed by atoms with E-state index in [0.717, 1.165) is 28.4 Å². The molecule has 2 aromatic rings. The molecule has 0 aromatic heterocycles. The fourth-order valence-corrected chi connectivity index (χ4v) is 7.87. The summed E-state index contributed by atoms with van der Waals surface area (Å²) in [6.07, 6.45) is 6.27. The third-order valence-corrected chi connectivity index (χ3v) is 9.32. The number of halogens is 2. The van der Waals surface area contributed by atoms with E-state index < -0.39 is 11.5 Å². The van der Waals surface area contributed by atoms with Gasteiger partial charge >= 0.3 is 0 Å². The van der Waals surface area contributed by atoms with E-state index >= 15 is 0 Å². The molecule has 5 fully saturated rings. The molecule has 4 aliphatic carbocycles. The van der Waals surface area contributed by atoms with Crippen molar-refractivity contribution in [3.05, 3.63) is 63.5 Å². The van der Waals surface area contributed by atoms with E-state index in [1.807, 2.05) is 12.1 Å². The normalized spacial score (nSPS) is 31.3. The van der Waals surface area contributed by atoms with Crippen molar-refractivity contribution in [3.8, 4) is 0 Å². The molecule has 1 atom stereocenters. The second kappa shape index (κ2) is 8.68. The van der Waals surface area contributed by atoms with Crippen LogP contribution >= 0.6 is 22.6 Å². The molecule has 2 aromatic carbocycles. The molecule has 0 radical (unpaired) electrons. The molecule has 7 heteroatoms. The Labute approximate surface area is 218 Å². The van der Waals surface area contributed by atoms with Crippen LogP contribution in [0.4, 0.5) is 10.1 Å². The lowest BCUT2D eigenvalue weighted by atomic mass is 9.49. The van der Waals surface area contributed by atoms with Gasteiger partial charge in [-0.2, -0.15) is 0 Å². The van der Waals surface area contributed by atoms with E-state index in [2.05, 4.69) is 22.6 Å². The van der Waals surface area contributed by atoms with Crippen molar-refractivity contribution in [1.82, 2.24) is 4.90 Å². The van der Waals surface area contributed by atoms with Gasteiger partial charge in [-0.1, -0.05) is 12.1 Å². The maximum Gasteiger partial charge on any atom is 0.257 e. The van der Waals surface area contributed by atoms with Gasteiger partial charge < -0.3 is 4.90 Å². The van der Waals surface area contributed by atoms with Gasteiger partial charge in [-0.15, -0.1) is 0 Å². The molecule has 4 bridgehead atoms. The molecule has 35 heavy (non-hydrogen) atoms. The molecule has 5 nitrogen and oxygen atoms in total. The molecule has 7 rings (SSSR count). The van der Waals surface area contributed by atoms with Crippen LogP contribution in [0, 0.1) is 32.6 Å². The summed E-state index contributed by atoms with van der Waals surface area (Å²) in [4.78, 5) is 44.0. The van der Waals surface area contributed by atoms with E-state index in [-0.39, 0.29) is 36.5 Å². The molecular formula is C28H28FIN2O3. The number of imide groups is 1. The Kier molecular flexibility index (Phi) is 5.73. The van der Waals surface area contributed by atoms with Gasteiger partial charge in [0.15, 0.2) is 0 Å². The zero-order valence-electron chi connectivity index (χ0n) is 19.5. The maximum atomic E-state index is 14.4. The first-order chi connectivity index (χ1) is 16.8. The van der Waals surface area contributed by atoms with E-state index in [0.29, 0.717) is 23.4 Å². The zero-order chi connectivity index (χ0) is 24.3. The van der Waals surface area contributed by atoms with Crippen molar-refractivity contribution in [2.75, 3.05) is 4.90 Å². The number of nitrogens with zero attached hydrogens (tertiary/aromatic N) is 2. The van der Waals surface area contributed by atoms with Crippen molar-refractivity contribution in [2.24, 2.45) is 23.2 Å². The fraction of sp³-hybridized carbons (Fsp3) is 0.464. The highest BCUT2D eigenvalue weighted by atomic mass is 127. The van der Waals surface area contributed by atoms with Crippen molar-refractivity contribution in [1.29, 1.82) is 0 Å². The number of anilines is 1. The monoisotopic (exact) mass is 586 g/mol. The smallest absolute Gasteiger partial charge is 0.257 e. The molecule has 182 valence electrons. The van der Waals surface area contributed by atoms with Gasteiger partial charge in [0, 0.05) is 10.1 Å². The highest BCUT2D eigenvalue weighted by molar-refractivity contribution is 14.1. The second-order valence-electron chi connectivity index (χ2n) is 11.0. The molecular weight excluding hydrogens is 558 g/mol. The minimum atomic E-state index is -0.840. The molecule has 1 unspecified atom stereocenters. The topological polar surface area (TPSA) is 57.7 Å². The van der Waals surface area contributed by atoms with Gasteiger partial charge in [0.2, 0.25) is 11.8 Å². The highest BCUT2D eigenvalue weighted by Gasteiger charge is 2.57. The summed E-state index contributed by atoms with van der Waals surface area (Å²) in [5.74, 6) is 0.785. The van der Waals surface area contributed by atoms with Gasteiger partial charge in [0.1, 0.15) is 11.9 Å². The molecule has 0 spiro atoms. The average molecular weight is 586 g/mol. The summed E-state index contributed by atoms with van der Waals surface area (Å²) in [5.41, 5.74) is 0.860. The third kappa shape index (κ3) is 4.09. The summed E-state index contributed by atoms with van der Waals surface area (Å²) in [5, 5.41) is 0. The number of hydrogen-bond donors (Lipinski definition) is 0. The van der Waals surface area contributed by atoms with E-state index in [9.17, 15) is 18.8 Å². The van der Waals surface area contributed by atoms with Gasteiger partial charge in [-0.25, -0.2) is 9.29 Å². The van der Waals surface area contributed by atoms with Crippen molar-refractivity contribution in [3.63, 3.8) is 0 Å². The van der Waals surface area contributed by atoms with Gasteiger partial charge in [0.05, 0.1) is 17.5 Å². The van der Waals surface area contributed by atoms with Crippen LogP contribution < -0.4 is 4.90 Å². The second-order valence-corrected chi connectivity index (χ2v) is 12.3. The van der Waals surface area contributed by atoms with Crippen molar-refractivity contribution in [2.45, 2.75) is 57.5 Å². The Morgan fingerprint density at radius 1 is 0.943 bits per heavy atom. The third-order valence-electron chi connectivity index (χ3n) is 8.60. The van der Waals surface area contributed by atoms with Crippen LogP contribution in [-0.2, 0) is 20.9 Å². The molecule has 0 N–H and O–H groups in total. The first-order valence-electron chi connectivity index (χ1n) is 12.5. The van der Waals surface area contributed by atoms with E-state index in [1.165, 1.54) is 36.3 Å². The summed E-state index contributed by atoms with van der Waals surface area (Å²) >= 11 is 2.18. The summed E-state index contributed by atoms with van der Waals surface area (Å²) in [7, 11) is 0. The number of carbonyl (C=O) groups is 3. The Hall–Kier alpha value is -2.29. The van der Waals surface area contributed by atoms with Crippen LogP contribution in [0.25, 0.3) is 0 Å². The first-order valence-corrected chi connectivity index (χ1v) is 13.6. The predicted molar refractivity (Wildman–Crippen MR) is 138 cm³/mol. The number of amides is 3. The number of carbonyl (C=O) groups excluding carboxylic acids is 3. The summed E-state index contributed by atoms with van der Waals surface area (Å²) < 4.78 is 14.6. The zero-order valence-corrected chi connectivity index (χ0v) is 21.6. The molecule has 1 saturated heterocycles. The summed E-state index contributed by atoms with van der Waals surface area (Å²) in [6, 6.07) is 12.5. The predicted octanol–water partition coefficient (Wildman–Crippen LogP) is 5.31.